The Kier molecular flexibility index (Phi) is 3.80. The van der Waals surface area contributed by atoms with E-state index in [9.17, 15) is 0 Å². The van der Waals surface area contributed by atoms with Crippen molar-refractivity contribution in [2.24, 2.45) is 0 Å². The molecule has 1 atom stereocenters. The van der Waals surface area contributed by atoms with E-state index < -0.39 is 0 Å². The lowest BCUT2D eigenvalue weighted by molar-refractivity contribution is 0.138. The maximum atomic E-state index is 5.96. The van der Waals surface area contributed by atoms with Crippen molar-refractivity contribution in [3.8, 4) is 5.75 Å². The molecule has 0 bridgehead atoms. The fourth-order valence-corrected chi connectivity index (χ4v) is 3.53. The fourth-order valence-electron chi connectivity index (χ4n) is 3.02. The minimum Gasteiger partial charge on any atom is -0.487 e. The highest BCUT2D eigenvalue weighted by Gasteiger charge is 2.30. The Bertz CT molecular complexity index is 666. The Labute approximate surface area is 134 Å². The van der Waals surface area contributed by atoms with Crippen molar-refractivity contribution in [1.82, 2.24) is 5.32 Å². The van der Waals surface area contributed by atoms with Crippen molar-refractivity contribution in [2.75, 3.05) is 7.05 Å². The zero-order chi connectivity index (χ0) is 15.0. The maximum absolute atomic E-state index is 5.96. The average molecular weight is 346 g/mol. The average Bonchev–Trinajstić information content (AvgIpc) is 2.75. The first-order chi connectivity index (χ1) is 10.00. The summed E-state index contributed by atoms with van der Waals surface area (Å²) < 4.78 is 7.09. The smallest absolute Gasteiger partial charge is 0.123 e. The highest BCUT2D eigenvalue weighted by molar-refractivity contribution is 9.10. The molecule has 0 radical (unpaired) electrons. The van der Waals surface area contributed by atoms with Crippen LogP contribution in [0.4, 0.5) is 0 Å². The van der Waals surface area contributed by atoms with E-state index in [-0.39, 0.29) is 11.6 Å². The molecule has 1 aliphatic heterocycles. The van der Waals surface area contributed by atoms with Crippen LogP contribution >= 0.6 is 15.9 Å². The van der Waals surface area contributed by atoms with Crippen LogP contribution in [0.25, 0.3) is 0 Å². The first-order valence-electron chi connectivity index (χ1n) is 7.24. The Morgan fingerprint density at radius 2 is 1.95 bits per heavy atom. The summed E-state index contributed by atoms with van der Waals surface area (Å²) in [5.74, 6) is 1.02. The van der Waals surface area contributed by atoms with Crippen molar-refractivity contribution in [2.45, 2.75) is 31.9 Å². The van der Waals surface area contributed by atoms with Crippen molar-refractivity contribution in [3.63, 3.8) is 0 Å². The molecule has 3 heteroatoms. The molecular weight excluding hydrogens is 326 g/mol. The van der Waals surface area contributed by atoms with E-state index in [1.54, 1.807) is 0 Å². The molecule has 0 saturated heterocycles. The Balaban J connectivity index is 1.99. The summed E-state index contributed by atoms with van der Waals surface area (Å²) in [6.07, 6.45) is 0.961. The van der Waals surface area contributed by atoms with Crippen LogP contribution in [0.15, 0.2) is 46.9 Å². The summed E-state index contributed by atoms with van der Waals surface area (Å²) >= 11 is 3.65. The second-order valence-electron chi connectivity index (χ2n) is 6.15. The molecule has 0 amide bonds. The third-order valence-electron chi connectivity index (χ3n) is 3.93. The van der Waals surface area contributed by atoms with Crippen LogP contribution in [-0.2, 0) is 6.42 Å². The van der Waals surface area contributed by atoms with Gasteiger partial charge in [-0.2, -0.15) is 0 Å². The lowest BCUT2D eigenvalue weighted by atomic mass is 9.94. The quantitative estimate of drug-likeness (QED) is 0.885. The molecule has 0 saturated carbocycles. The van der Waals surface area contributed by atoms with Gasteiger partial charge < -0.3 is 10.1 Å². The van der Waals surface area contributed by atoms with E-state index in [2.05, 4.69) is 71.5 Å². The number of hydrogen-bond acceptors (Lipinski definition) is 2. The summed E-state index contributed by atoms with van der Waals surface area (Å²) in [7, 11) is 2.00. The van der Waals surface area contributed by atoms with E-state index in [0.29, 0.717) is 0 Å². The van der Waals surface area contributed by atoms with Gasteiger partial charge in [-0.25, -0.2) is 0 Å². The van der Waals surface area contributed by atoms with Gasteiger partial charge in [0.1, 0.15) is 11.4 Å². The van der Waals surface area contributed by atoms with Gasteiger partial charge in [0.25, 0.3) is 0 Å². The summed E-state index contributed by atoms with van der Waals surface area (Å²) in [4.78, 5) is 0. The predicted molar refractivity (Wildman–Crippen MR) is 89.9 cm³/mol. The van der Waals surface area contributed by atoms with Gasteiger partial charge in [-0.05, 0) is 49.7 Å². The molecule has 0 spiro atoms. The second kappa shape index (κ2) is 5.47. The summed E-state index contributed by atoms with van der Waals surface area (Å²) in [5, 5.41) is 3.42. The minimum atomic E-state index is -0.0938. The largest absolute Gasteiger partial charge is 0.487 e. The van der Waals surface area contributed by atoms with Crippen LogP contribution in [0, 0.1) is 0 Å². The summed E-state index contributed by atoms with van der Waals surface area (Å²) in [6, 6.07) is 15.0. The first kappa shape index (κ1) is 14.6. The lowest BCUT2D eigenvalue weighted by Crippen LogP contribution is -2.24. The van der Waals surface area contributed by atoms with E-state index in [1.165, 1.54) is 16.7 Å². The molecule has 1 heterocycles. The SMILES string of the molecule is CNC(c1ccc2c(c1)CC(C)(C)O2)c1ccccc1Br. The van der Waals surface area contributed by atoms with Crippen molar-refractivity contribution >= 4 is 15.9 Å². The molecule has 110 valence electrons. The number of ether oxygens (including phenoxy) is 1. The van der Waals surface area contributed by atoms with E-state index in [1.807, 2.05) is 13.1 Å². The van der Waals surface area contributed by atoms with Gasteiger partial charge in [0.15, 0.2) is 0 Å². The first-order valence-corrected chi connectivity index (χ1v) is 8.03. The molecular formula is C18H20BrNO. The lowest BCUT2D eigenvalue weighted by Gasteiger charge is -2.19. The molecule has 3 rings (SSSR count). The van der Waals surface area contributed by atoms with Gasteiger partial charge in [-0.3, -0.25) is 0 Å². The molecule has 2 aromatic rings. The number of nitrogens with one attached hydrogen (secondary N) is 1. The summed E-state index contributed by atoms with van der Waals surface area (Å²) in [5.41, 5.74) is 3.72. The maximum Gasteiger partial charge on any atom is 0.123 e. The zero-order valence-corrected chi connectivity index (χ0v) is 14.2. The van der Waals surface area contributed by atoms with E-state index >= 15 is 0 Å². The van der Waals surface area contributed by atoms with Gasteiger partial charge in [-0.15, -0.1) is 0 Å². The standard InChI is InChI=1S/C18H20BrNO/c1-18(2)11-13-10-12(8-9-16(13)21-18)17(20-3)14-6-4-5-7-15(14)19/h4-10,17,20H,11H2,1-3H3. The molecule has 1 N–H and O–H groups in total. The summed E-state index contributed by atoms with van der Waals surface area (Å²) in [6.45, 7) is 4.27. The predicted octanol–water partition coefficient (Wildman–Crippen LogP) is 4.47. The monoisotopic (exact) mass is 345 g/mol. The van der Waals surface area contributed by atoms with Gasteiger partial charge in [0.2, 0.25) is 0 Å². The van der Waals surface area contributed by atoms with Gasteiger partial charge in [0, 0.05) is 10.9 Å². The number of benzene rings is 2. The van der Waals surface area contributed by atoms with Crippen molar-refractivity contribution in [1.29, 1.82) is 0 Å². The molecule has 0 aliphatic carbocycles. The molecule has 2 aromatic carbocycles. The Morgan fingerprint density at radius 3 is 2.67 bits per heavy atom. The number of hydrogen-bond donors (Lipinski definition) is 1. The number of halogens is 1. The minimum absolute atomic E-state index is 0.0938. The van der Waals surface area contributed by atoms with Crippen molar-refractivity contribution in [3.05, 3.63) is 63.6 Å². The third kappa shape index (κ3) is 2.85. The van der Waals surface area contributed by atoms with Crippen LogP contribution in [0.3, 0.4) is 0 Å². The third-order valence-corrected chi connectivity index (χ3v) is 4.65. The van der Waals surface area contributed by atoms with E-state index in [0.717, 1.165) is 16.6 Å². The Hall–Kier alpha value is -1.32. The number of rotatable bonds is 3. The molecule has 1 unspecified atom stereocenters. The van der Waals surface area contributed by atoms with Crippen molar-refractivity contribution < 1.29 is 4.74 Å². The molecule has 0 aromatic heterocycles. The van der Waals surface area contributed by atoms with Crippen LogP contribution in [0.2, 0.25) is 0 Å². The van der Waals surface area contributed by atoms with Crippen LogP contribution in [0.5, 0.6) is 5.75 Å². The highest BCUT2D eigenvalue weighted by atomic mass is 79.9. The topological polar surface area (TPSA) is 21.3 Å². The highest BCUT2D eigenvalue weighted by Crippen LogP contribution is 2.37. The second-order valence-corrected chi connectivity index (χ2v) is 7.00. The molecule has 2 nitrogen and oxygen atoms in total. The fraction of sp³-hybridized carbons (Fsp3) is 0.333. The van der Waals surface area contributed by atoms with Crippen LogP contribution < -0.4 is 10.1 Å². The molecule has 1 aliphatic rings. The zero-order valence-electron chi connectivity index (χ0n) is 12.6. The van der Waals surface area contributed by atoms with Gasteiger partial charge in [0.05, 0.1) is 6.04 Å². The van der Waals surface area contributed by atoms with Crippen LogP contribution in [0.1, 0.15) is 36.6 Å². The van der Waals surface area contributed by atoms with Crippen LogP contribution in [-0.4, -0.2) is 12.6 Å². The molecule has 21 heavy (non-hydrogen) atoms. The number of fused-ring (bicyclic) bond motifs is 1. The van der Waals surface area contributed by atoms with Gasteiger partial charge >= 0.3 is 0 Å². The normalized spacial score (nSPS) is 17.1. The molecule has 0 fully saturated rings. The van der Waals surface area contributed by atoms with Gasteiger partial charge in [-0.1, -0.05) is 46.3 Å². The Morgan fingerprint density at radius 1 is 1.19 bits per heavy atom. The van der Waals surface area contributed by atoms with E-state index in [4.69, 9.17) is 4.74 Å².